The van der Waals surface area contributed by atoms with Crippen LogP contribution in [0.3, 0.4) is 0 Å². The first-order valence-corrected chi connectivity index (χ1v) is 6.74. The Kier molecular flexibility index (Phi) is 6.97. The number of nitrogens with one attached hydrogen (secondary N) is 1. The van der Waals surface area contributed by atoms with Gasteiger partial charge in [0.25, 0.3) is 0 Å². The minimum atomic E-state index is -0.159. The zero-order valence-electron chi connectivity index (χ0n) is 11.9. The highest BCUT2D eigenvalue weighted by atomic mass is 16.5. The quantitative estimate of drug-likeness (QED) is 0.732. The van der Waals surface area contributed by atoms with Crippen LogP contribution in [0.2, 0.25) is 0 Å². The van der Waals surface area contributed by atoms with Crippen LogP contribution in [0.4, 0.5) is 0 Å². The average Bonchev–Trinajstić information content (AvgIpc) is 2.40. The Balaban J connectivity index is 2.52. The minimum absolute atomic E-state index is 0.0944. The van der Waals surface area contributed by atoms with E-state index in [9.17, 15) is 4.79 Å². The monoisotopic (exact) mass is 265 g/mol. The lowest BCUT2D eigenvalue weighted by Crippen LogP contribution is -2.31. The predicted molar refractivity (Wildman–Crippen MR) is 75.4 cm³/mol. The first kappa shape index (κ1) is 15.5. The molecule has 1 aromatic carbocycles. The summed E-state index contributed by atoms with van der Waals surface area (Å²) in [6, 6.07) is 8.06. The third kappa shape index (κ3) is 5.75. The molecule has 0 saturated heterocycles. The third-order valence-corrected chi connectivity index (χ3v) is 2.84. The molecule has 4 heteroatoms. The van der Waals surface area contributed by atoms with Gasteiger partial charge in [-0.25, -0.2) is 0 Å². The fourth-order valence-electron chi connectivity index (χ4n) is 1.87. The Hall–Kier alpha value is -1.55. The SMILES string of the molecule is CCOC(=O)CC(Cc1ccc(OCC)cc1)NC. The van der Waals surface area contributed by atoms with Crippen molar-refractivity contribution in [1.29, 1.82) is 0 Å². The Labute approximate surface area is 115 Å². The molecule has 0 bridgehead atoms. The van der Waals surface area contributed by atoms with Crippen LogP contribution < -0.4 is 10.1 Å². The standard InChI is InChI=1S/C15H23NO3/c1-4-18-14-8-6-12(7-9-14)10-13(16-3)11-15(17)19-5-2/h6-9,13,16H,4-5,10-11H2,1-3H3. The summed E-state index contributed by atoms with van der Waals surface area (Å²) in [5.74, 6) is 0.713. The Morgan fingerprint density at radius 2 is 1.89 bits per heavy atom. The Morgan fingerprint density at radius 3 is 2.42 bits per heavy atom. The number of hydrogen-bond acceptors (Lipinski definition) is 4. The molecule has 0 saturated carbocycles. The fourth-order valence-corrected chi connectivity index (χ4v) is 1.87. The van der Waals surface area contributed by atoms with Gasteiger partial charge in [-0.3, -0.25) is 4.79 Å². The van der Waals surface area contributed by atoms with Crippen molar-refractivity contribution in [3.05, 3.63) is 29.8 Å². The van der Waals surface area contributed by atoms with Gasteiger partial charge in [-0.1, -0.05) is 12.1 Å². The number of rotatable bonds is 8. The predicted octanol–water partition coefficient (Wildman–Crippen LogP) is 2.17. The molecular weight excluding hydrogens is 242 g/mol. The molecule has 0 radical (unpaired) electrons. The maximum absolute atomic E-state index is 11.5. The van der Waals surface area contributed by atoms with Gasteiger partial charge in [0.2, 0.25) is 0 Å². The van der Waals surface area contributed by atoms with Crippen LogP contribution >= 0.6 is 0 Å². The van der Waals surface area contributed by atoms with Gasteiger partial charge < -0.3 is 14.8 Å². The number of hydrogen-bond donors (Lipinski definition) is 1. The molecular formula is C15H23NO3. The molecule has 19 heavy (non-hydrogen) atoms. The zero-order valence-corrected chi connectivity index (χ0v) is 11.9. The highest BCUT2D eigenvalue weighted by Crippen LogP contribution is 2.14. The van der Waals surface area contributed by atoms with Gasteiger partial charge in [0, 0.05) is 6.04 Å². The number of carbonyl (C=O) groups is 1. The molecule has 0 spiro atoms. The molecule has 0 aliphatic heterocycles. The highest BCUT2D eigenvalue weighted by Gasteiger charge is 2.13. The van der Waals surface area contributed by atoms with Gasteiger partial charge in [0.15, 0.2) is 0 Å². The maximum atomic E-state index is 11.5. The van der Waals surface area contributed by atoms with Gasteiger partial charge in [-0.15, -0.1) is 0 Å². The molecule has 1 unspecified atom stereocenters. The summed E-state index contributed by atoms with van der Waals surface area (Å²) in [6.45, 7) is 4.88. The van der Waals surface area contributed by atoms with E-state index in [1.807, 2.05) is 45.2 Å². The van der Waals surface area contributed by atoms with Crippen LogP contribution in [-0.2, 0) is 16.0 Å². The summed E-state index contributed by atoms with van der Waals surface area (Å²) >= 11 is 0. The van der Waals surface area contributed by atoms with E-state index in [2.05, 4.69) is 5.32 Å². The van der Waals surface area contributed by atoms with Crippen molar-refractivity contribution in [2.45, 2.75) is 32.7 Å². The summed E-state index contributed by atoms with van der Waals surface area (Å²) in [4.78, 5) is 11.5. The average molecular weight is 265 g/mol. The molecule has 0 aliphatic rings. The largest absolute Gasteiger partial charge is 0.494 e. The van der Waals surface area contributed by atoms with Gasteiger partial charge in [0.1, 0.15) is 5.75 Å². The summed E-state index contributed by atoms with van der Waals surface area (Å²) in [5, 5.41) is 3.15. The second-order valence-electron chi connectivity index (χ2n) is 4.28. The van der Waals surface area contributed by atoms with E-state index < -0.39 is 0 Å². The summed E-state index contributed by atoms with van der Waals surface area (Å²) in [6.07, 6.45) is 1.18. The first-order valence-electron chi connectivity index (χ1n) is 6.74. The van der Waals surface area contributed by atoms with Crippen molar-refractivity contribution >= 4 is 5.97 Å². The molecule has 4 nitrogen and oxygen atoms in total. The molecule has 0 aromatic heterocycles. The van der Waals surface area contributed by atoms with E-state index in [1.165, 1.54) is 5.56 Å². The van der Waals surface area contributed by atoms with E-state index in [-0.39, 0.29) is 12.0 Å². The van der Waals surface area contributed by atoms with Gasteiger partial charge in [-0.2, -0.15) is 0 Å². The van der Waals surface area contributed by atoms with Gasteiger partial charge in [-0.05, 0) is 45.0 Å². The molecule has 0 heterocycles. The van der Waals surface area contributed by atoms with E-state index >= 15 is 0 Å². The van der Waals surface area contributed by atoms with Crippen molar-refractivity contribution in [3.8, 4) is 5.75 Å². The molecule has 1 aromatic rings. The molecule has 106 valence electrons. The number of likely N-dealkylation sites (N-methyl/N-ethyl adjacent to an activating group) is 1. The normalized spacial score (nSPS) is 11.9. The van der Waals surface area contributed by atoms with Crippen molar-refractivity contribution in [3.63, 3.8) is 0 Å². The van der Waals surface area contributed by atoms with E-state index in [1.54, 1.807) is 0 Å². The van der Waals surface area contributed by atoms with Crippen LogP contribution in [-0.4, -0.2) is 32.3 Å². The molecule has 0 aliphatic carbocycles. The van der Waals surface area contributed by atoms with Crippen LogP contribution in [0.15, 0.2) is 24.3 Å². The molecule has 1 N–H and O–H groups in total. The maximum Gasteiger partial charge on any atom is 0.307 e. The highest BCUT2D eigenvalue weighted by molar-refractivity contribution is 5.70. The third-order valence-electron chi connectivity index (χ3n) is 2.84. The zero-order chi connectivity index (χ0) is 14.1. The summed E-state index contributed by atoms with van der Waals surface area (Å²) in [7, 11) is 1.86. The second-order valence-corrected chi connectivity index (χ2v) is 4.28. The lowest BCUT2D eigenvalue weighted by atomic mass is 10.0. The first-order chi connectivity index (χ1) is 9.19. The molecule has 0 amide bonds. The summed E-state index contributed by atoms with van der Waals surface area (Å²) in [5.41, 5.74) is 1.17. The lowest BCUT2D eigenvalue weighted by Gasteiger charge is -2.15. The second kappa shape index (κ2) is 8.53. The number of benzene rings is 1. The van der Waals surface area contributed by atoms with E-state index in [0.717, 1.165) is 12.2 Å². The topological polar surface area (TPSA) is 47.6 Å². The van der Waals surface area contributed by atoms with Crippen LogP contribution in [0.5, 0.6) is 5.75 Å². The van der Waals surface area contributed by atoms with Crippen molar-refractivity contribution in [2.24, 2.45) is 0 Å². The van der Waals surface area contributed by atoms with Crippen LogP contribution in [0, 0.1) is 0 Å². The Bertz CT molecular complexity index is 375. The molecule has 1 atom stereocenters. The van der Waals surface area contributed by atoms with Crippen LogP contribution in [0.1, 0.15) is 25.8 Å². The summed E-state index contributed by atoms with van der Waals surface area (Å²) < 4.78 is 10.4. The van der Waals surface area contributed by atoms with Crippen molar-refractivity contribution < 1.29 is 14.3 Å². The lowest BCUT2D eigenvalue weighted by molar-refractivity contribution is -0.143. The number of carbonyl (C=O) groups excluding carboxylic acids is 1. The minimum Gasteiger partial charge on any atom is -0.494 e. The van der Waals surface area contributed by atoms with Gasteiger partial charge in [0.05, 0.1) is 19.6 Å². The van der Waals surface area contributed by atoms with E-state index in [4.69, 9.17) is 9.47 Å². The molecule has 1 rings (SSSR count). The van der Waals surface area contributed by atoms with Crippen molar-refractivity contribution in [1.82, 2.24) is 5.32 Å². The van der Waals surface area contributed by atoms with Gasteiger partial charge >= 0.3 is 5.97 Å². The Morgan fingerprint density at radius 1 is 1.21 bits per heavy atom. The molecule has 0 fully saturated rings. The fraction of sp³-hybridized carbons (Fsp3) is 0.533. The smallest absolute Gasteiger partial charge is 0.307 e. The number of esters is 1. The van der Waals surface area contributed by atoms with Crippen LogP contribution in [0.25, 0.3) is 0 Å². The van der Waals surface area contributed by atoms with Crippen molar-refractivity contribution in [2.75, 3.05) is 20.3 Å². The number of ether oxygens (including phenoxy) is 2. The van der Waals surface area contributed by atoms with E-state index in [0.29, 0.717) is 19.6 Å².